The first-order chi connectivity index (χ1) is 10.2. The summed E-state index contributed by atoms with van der Waals surface area (Å²) in [5.41, 5.74) is 3.39. The lowest BCUT2D eigenvalue weighted by molar-refractivity contribution is 0.220. The van der Waals surface area contributed by atoms with Crippen molar-refractivity contribution in [2.75, 3.05) is 13.2 Å². The molecule has 0 saturated carbocycles. The standard InChI is InChI=1S/C16H24N4O/c1-3-16-14(11-20(2)19-16)10-17-9-13(12-21)8-15-6-4-5-7-18-15/h4-7,11,13,17,21H,3,8-10,12H2,1-2H3. The van der Waals surface area contributed by atoms with Crippen molar-refractivity contribution in [3.8, 4) is 0 Å². The molecule has 0 radical (unpaired) electrons. The Balaban J connectivity index is 1.83. The molecule has 21 heavy (non-hydrogen) atoms. The first-order valence-electron chi connectivity index (χ1n) is 7.45. The number of aromatic nitrogens is 3. The highest BCUT2D eigenvalue weighted by molar-refractivity contribution is 5.16. The van der Waals surface area contributed by atoms with Gasteiger partial charge >= 0.3 is 0 Å². The predicted molar refractivity (Wildman–Crippen MR) is 82.8 cm³/mol. The Morgan fingerprint density at radius 2 is 2.24 bits per heavy atom. The van der Waals surface area contributed by atoms with Gasteiger partial charge in [-0.2, -0.15) is 5.10 Å². The fourth-order valence-corrected chi connectivity index (χ4v) is 2.46. The van der Waals surface area contributed by atoms with Crippen LogP contribution in [0, 0.1) is 5.92 Å². The number of hydrogen-bond acceptors (Lipinski definition) is 4. The van der Waals surface area contributed by atoms with Gasteiger partial charge in [-0.1, -0.05) is 13.0 Å². The van der Waals surface area contributed by atoms with Crippen LogP contribution >= 0.6 is 0 Å². The maximum atomic E-state index is 9.51. The molecule has 0 fully saturated rings. The van der Waals surface area contributed by atoms with E-state index in [2.05, 4.69) is 28.5 Å². The highest BCUT2D eigenvalue weighted by Gasteiger charge is 2.10. The third-order valence-corrected chi connectivity index (χ3v) is 3.56. The molecule has 2 aromatic heterocycles. The van der Waals surface area contributed by atoms with Crippen molar-refractivity contribution < 1.29 is 5.11 Å². The number of aliphatic hydroxyl groups excluding tert-OH is 1. The Hall–Kier alpha value is -1.72. The van der Waals surface area contributed by atoms with Gasteiger partial charge in [0.2, 0.25) is 0 Å². The maximum absolute atomic E-state index is 9.51. The molecule has 1 unspecified atom stereocenters. The predicted octanol–water partition coefficient (Wildman–Crippen LogP) is 1.32. The van der Waals surface area contributed by atoms with Crippen molar-refractivity contribution in [1.82, 2.24) is 20.1 Å². The summed E-state index contributed by atoms with van der Waals surface area (Å²) >= 11 is 0. The quantitative estimate of drug-likeness (QED) is 0.769. The summed E-state index contributed by atoms with van der Waals surface area (Å²) in [6.45, 7) is 3.83. The number of aryl methyl sites for hydroxylation is 2. The van der Waals surface area contributed by atoms with Crippen molar-refractivity contribution in [3.63, 3.8) is 0 Å². The maximum Gasteiger partial charge on any atom is 0.0666 e. The van der Waals surface area contributed by atoms with E-state index in [0.717, 1.165) is 37.3 Å². The summed E-state index contributed by atoms with van der Waals surface area (Å²) in [6.07, 6.45) is 5.58. The molecule has 114 valence electrons. The zero-order valence-corrected chi connectivity index (χ0v) is 12.8. The SMILES string of the molecule is CCc1nn(C)cc1CNCC(CO)Cc1ccccn1. The Morgan fingerprint density at radius 3 is 2.90 bits per heavy atom. The molecular formula is C16H24N4O. The summed E-state index contributed by atoms with van der Waals surface area (Å²) in [5, 5.41) is 17.4. The average Bonchev–Trinajstić information content (AvgIpc) is 2.87. The summed E-state index contributed by atoms with van der Waals surface area (Å²) in [6, 6.07) is 5.89. The molecule has 0 bridgehead atoms. The van der Waals surface area contributed by atoms with Gasteiger partial charge in [0.1, 0.15) is 0 Å². The molecule has 2 heterocycles. The van der Waals surface area contributed by atoms with Crippen molar-refractivity contribution in [2.45, 2.75) is 26.3 Å². The van der Waals surface area contributed by atoms with Gasteiger partial charge in [0.15, 0.2) is 0 Å². The minimum atomic E-state index is 0.164. The molecule has 5 nitrogen and oxygen atoms in total. The second-order valence-electron chi connectivity index (χ2n) is 5.33. The molecule has 0 aliphatic carbocycles. The van der Waals surface area contributed by atoms with Crippen LogP contribution in [0.5, 0.6) is 0 Å². The molecule has 0 amide bonds. The third-order valence-electron chi connectivity index (χ3n) is 3.56. The number of aliphatic hydroxyl groups is 1. The Kier molecular flexibility index (Phi) is 5.90. The van der Waals surface area contributed by atoms with E-state index in [1.165, 1.54) is 5.56 Å². The second-order valence-corrected chi connectivity index (χ2v) is 5.33. The monoisotopic (exact) mass is 288 g/mol. The van der Waals surface area contributed by atoms with E-state index in [-0.39, 0.29) is 12.5 Å². The summed E-state index contributed by atoms with van der Waals surface area (Å²) in [7, 11) is 1.94. The van der Waals surface area contributed by atoms with Crippen LogP contribution in [0.3, 0.4) is 0 Å². The van der Waals surface area contributed by atoms with Crippen LogP contribution in [0.1, 0.15) is 23.9 Å². The lowest BCUT2D eigenvalue weighted by Gasteiger charge is -2.14. The molecule has 5 heteroatoms. The Morgan fingerprint density at radius 1 is 1.38 bits per heavy atom. The van der Waals surface area contributed by atoms with E-state index in [0.29, 0.717) is 0 Å². The van der Waals surface area contributed by atoms with E-state index in [1.807, 2.05) is 29.9 Å². The molecule has 2 rings (SSSR count). The minimum absolute atomic E-state index is 0.164. The molecule has 2 aromatic rings. The number of hydrogen-bond donors (Lipinski definition) is 2. The van der Waals surface area contributed by atoms with Crippen molar-refractivity contribution >= 4 is 0 Å². The molecule has 1 atom stereocenters. The van der Waals surface area contributed by atoms with Gasteiger partial charge in [-0.15, -0.1) is 0 Å². The van der Waals surface area contributed by atoms with Crippen molar-refractivity contribution in [1.29, 1.82) is 0 Å². The highest BCUT2D eigenvalue weighted by Crippen LogP contribution is 2.08. The molecule has 0 aliphatic rings. The Labute approximate surface area is 126 Å². The van der Waals surface area contributed by atoms with E-state index in [9.17, 15) is 5.11 Å². The van der Waals surface area contributed by atoms with Gasteiger partial charge in [-0.25, -0.2) is 0 Å². The van der Waals surface area contributed by atoms with Gasteiger partial charge in [0, 0.05) is 50.4 Å². The number of pyridine rings is 1. The van der Waals surface area contributed by atoms with Crippen molar-refractivity contribution in [2.24, 2.45) is 13.0 Å². The molecule has 0 aliphatic heterocycles. The van der Waals surface area contributed by atoms with Crippen LogP contribution in [0.15, 0.2) is 30.6 Å². The van der Waals surface area contributed by atoms with Crippen molar-refractivity contribution in [3.05, 3.63) is 47.5 Å². The second kappa shape index (κ2) is 7.90. The summed E-state index contributed by atoms with van der Waals surface area (Å²) < 4.78 is 1.85. The Bertz CT molecular complexity index is 538. The fraction of sp³-hybridized carbons (Fsp3) is 0.500. The summed E-state index contributed by atoms with van der Waals surface area (Å²) in [5.74, 6) is 0.182. The number of nitrogens with one attached hydrogen (secondary N) is 1. The lowest BCUT2D eigenvalue weighted by Crippen LogP contribution is -2.27. The average molecular weight is 288 g/mol. The normalized spacial score (nSPS) is 12.5. The number of nitrogens with zero attached hydrogens (tertiary/aromatic N) is 3. The van der Waals surface area contributed by atoms with Crippen LogP contribution in [0.4, 0.5) is 0 Å². The first kappa shape index (κ1) is 15.7. The van der Waals surface area contributed by atoms with Gasteiger partial charge in [0.05, 0.1) is 5.69 Å². The third kappa shape index (κ3) is 4.65. The van der Waals surface area contributed by atoms with Crippen LogP contribution < -0.4 is 5.32 Å². The van der Waals surface area contributed by atoms with Crippen LogP contribution in [0.25, 0.3) is 0 Å². The molecule has 0 aromatic carbocycles. The van der Waals surface area contributed by atoms with E-state index in [4.69, 9.17) is 0 Å². The highest BCUT2D eigenvalue weighted by atomic mass is 16.3. The van der Waals surface area contributed by atoms with Gasteiger partial charge in [-0.05, 0) is 30.9 Å². The van der Waals surface area contributed by atoms with E-state index in [1.54, 1.807) is 6.20 Å². The smallest absolute Gasteiger partial charge is 0.0666 e. The molecule has 0 saturated heterocycles. The lowest BCUT2D eigenvalue weighted by atomic mass is 10.0. The zero-order chi connectivity index (χ0) is 15.1. The van der Waals surface area contributed by atoms with Gasteiger partial charge < -0.3 is 10.4 Å². The van der Waals surface area contributed by atoms with Crippen LogP contribution in [-0.2, 0) is 26.4 Å². The molecule has 2 N–H and O–H groups in total. The zero-order valence-electron chi connectivity index (χ0n) is 12.8. The van der Waals surface area contributed by atoms with E-state index >= 15 is 0 Å². The van der Waals surface area contributed by atoms with Crippen LogP contribution in [-0.4, -0.2) is 33.0 Å². The fourth-order valence-electron chi connectivity index (χ4n) is 2.46. The molecule has 0 spiro atoms. The minimum Gasteiger partial charge on any atom is -0.396 e. The number of rotatable bonds is 8. The van der Waals surface area contributed by atoms with E-state index < -0.39 is 0 Å². The van der Waals surface area contributed by atoms with Gasteiger partial charge in [0.25, 0.3) is 0 Å². The van der Waals surface area contributed by atoms with Gasteiger partial charge in [-0.3, -0.25) is 9.67 Å². The topological polar surface area (TPSA) is 63.0 Å². The summed E-state index contributed by atoms with van der Waals surface area (Å²) in [4.78, 5) is 4.31. The van der Waals surface area contributed by atoms with Crippen LogP contribution in [0.2, 0.25) is 0 Å². The largest absolute Gasteiger partial charge is 0.396 e. The first-order valence-corrected chi connectivity index (χ1v) is 7.45. The molecular weight excluding hydrogens is 264 g/mol.